The van der Waals surface area contributed by atoms with Crippen LogP contribution in [0.2, 0.25) is 0 Å². The Labute approximate surface area is 137 Å². The fourth-order valence-electron chi connectivity index (χ4n) is 2.06. The molecule has 0 aliphatic heterocycles. The number of ether oxygens (including phenoxy) is 2. The number of rotatable bonds is 2. The number of aromatic nitrogens is 1. The quantitative estimate of drug-likeness (QED) is 0.777. The fourth-order valence-corrected chi connectivity index (χ4v) is 2.06. The van der Waals surface area contributed by atoms with E-state index in [4.69, 9.17) is 4.74 Å². The second-order valence-electron chi connectivity index (χ2n) is 6.08. The van der Waals surface area contributed by atoms with E-state index in [9.17, 15) is 18.4 Å². The molecule has 2 aromatic rings. The molecule has 0 fully saturated rings. The van der Waals surface area contributed by atoms with Gasteiger partial charge in [0, 0.05) is 23.4 Å². The summed E-state index contributed by atoms with van der Waals surface area (Å²) in [5.41, 5.74) is -0.635. The Morgan fingerprint density at radius 2 is 1.79 bits per heavy atom. The molecule has 1 aromatic carbocycles. The molecule has 24 heavy (non-hydrogen) atoms. The van der Waals surface area contributed by atoms with Crippen molar-refractivity contribution in [3.63, 3.8) is 0 Å². The van der Waals surface area contributed by atoms with Gasteiger partial charge < -0.3 is 9.47 Å². The lowest BCUT2D eigenvalue weighted by Crippen LogP contribution is -2.28. The van der Waals surface area contributed by atoms with Crippen LogP contribution in [-0.4, -0.2) is 29.3 Å². The zero-order valence-electron chi connectivity index (χ0n) is 13.7. The lowest BCUT2D eigenvalue weighted by Gasteiger charge is -2.20. The van der Waals surface area contributed by atoms with Crippen LogP contribution in [-0.2, 0) is 9.47 Å². The summed E-state index contributed by atoms with van der Waals surface area (Å²) in [4.78, 5) is 24.1. The summed E-state index contributed by atoms with van der Waals surface area (Å²) in [5.74, 6) is -2.32. The third kappa shape index (κ3) is 3.79. The molecule has 0 radical (unpaired) electrons. The summed E-state index contributed by atoms with van der Waals surface area (Å²) in [7, 11) is 1.16. The molecule has 0 aliphatic rings. The van der Waals surface area contributed by atoms with Crippen LogP contribution in [0.5, 0.6) is 0 Å². The van der Waals surface area contributed by atoms with Crippen molar-refractivity contribution >= 4 is 12.1 Å². The topological polar surface area (TPSA) is 57.5 Å². The number of carbonyl (C=O) groups excluding carboxylic acids is 2. The summed E-state index contributed by atoms with van der Waals surface area (Å²) in [6.45, 7) is 5.02. The first-order chi connectivity index (χ1) is 11.1. The number of carbonyl (C=O) groups is 2. The van der Waals surface area contributed by atoms with Crippen LogP contribution < -0.4 is 0 Å². The SMILES string of the molecule is COC(=O)c1cc(-c2ccc(F)cc2F)cn1C(=O)OC(C)(C)C. The fraction of sp³-hybridized carbons (Fsp3) is 0.294. The van der Waals surface area contributed by atoms with Crippen LogP contribution in [0.4, 0.5) is 13.6 Å². The van der Waals surface area contributed by atoms with Gasteiger partial charge in [-0.15, -0.1) is 0 Å². The zero-order chi connectivity index (χ0) is 18.1. The average molecular weight is 337 g/mol. The summed E-state index contributed by atoms with van der Waals surface area (Å²) in [6, 6.07) is 4.31. The number of hydrogen-bond acceptors (Lipinski definition) is 4. The van der Waals surface area contributed by atoms with Crippen molar-refractivity contribution in [2.45, 2.75) is 26.4 Å². The lowest BCUT2D eigenvalue weighted by atomic mass is 10.1. The summed E-state index contributed by atoms with van der Waals surface area (Å²) >= 11 is 0. The first-order valence-corrected chi connectivity index (χ1v) is 7.12. The van der Waals surface area contributed by atoms with E-state index in [0.717, 1.165) is 23.8 Å². The average Bonchev–Trinajstić information content (AvgIpc) is 2.89. The molecule has 5 nitrogen and oxygen atoms in total. The minimum Gasteiger partial charge on any atom is -0.464 e. The van der Waals surface area contributed by atoms with E-state index in [-0.39, 0.29) is 16.8 Å². The normalized spacial score (nSPS) is 11.2. The maximum atomic E-state index is 14.0. The Morgan fingerprint density at radius 1 is 1.12 bits per heavy atom. The number of benzene rings is 1. The lowest BCUT2D eigenvalue weighted by molar-refractivity contribution is 0.0483. The van der Waals surface area contributed by atoms with Crippen LogP contribution in [0.1, 0.15) is 31.3 Å². The Morgan fingerprint density at radius 3 is 2.33 bits per heavy atom. The minimum atomic E-state index is -0.812. The smallest absolute Gasteiger partial charge is 0.419 e. The number of esters is 1. The van der Waals surface area contributed by atoms with E-state index in [0.29, 0.717) is 0 Å². The third-order valence-electron chi connectivity index (χ3n) is 3.05. The Kier molecular flexibility index (Phi) is 4.73. The maximum Gasteiger partial charge on any atom is 0.419 e. The van der Waals surface area contributed by atoms with Crippen molar-refractivity contribution in [3.8, 4) is 11.1 Å². The Balaban J connectivity index is 2.53. The molecule has 128 valence electrons. The number of halogens is 2. The highest BCUT2D eigenvalue weighted by molar-refractivity contribution is 5.94. The molecule has 0 N–H and O–H groups in total. The zero-order valence-corrected chi connectivity index (χ0v) is 13.7. The van der Waals surface area contributed by atoms with Crippen LogP contribution in [0.3, 0.4) is 0 Å². The highest BCUT2D eigenvalue weighted by Crippen LogP contribution is 2.26. The van der Waals surface area contributed by atoms with Gasteiger partial charge in [0.05, 0.1) is 7.11 Å². The molecule has 0 amide bonds. The van der Waals surface area contributed by atoms with Crippen molar-refractivity contribution in [2.75, 3.05) is 7.11 Å². The van der Waals surface area contributed by atoms with Gasteiger partial charge in [-0.2, -0.15) is 0 Å². The molecule has 1 aromatic heterocycles. The van der Waals surface area contributed by atoms with Crippen molar-refractivity contribution < 1.29 is 27.8 Å². The summed E-state index contributed by atoms with van der Waals surface area (Å²) < 4.78 is 37.8. The highest BCUT2D eigenvalue weighted by atomic mass is 19.1. The van der Waals surface area contributed by atoms with Gasteiger partial charge in [-0.05, 0) is 39.0 Å². The van der Waals surface area contributed by atoms with E-state index in [1.54, 1.807) is 20.8 Å². The molecule has 0 unspecified atom stereocenters. The van der Waals surface area contributed by atoms with Gasteiger partial charge in [0.15, 0.2) is 0 Å². The van der Waals surface area contributed by atoms with Gasteiger partial charge in [0.2, 0.25) is 0 Å². The van der Waals surface area contributed by atoms with Gasteiger partial charge in [0.25, 0.3) is 0 Å². The van der Waals surface area contributed by atoms with E-state index in [1.165, 1.54) is 18.3 Å². The Hall–Kier alpha value is -2.70. The minimum absolute atomic E-state index is 0.0452. The van der Waals surface area contributed by atoms with E-state index >= 15 is 0 Å². The molecule has 0 atom stereocenters. The second-order valence-corrected chi connectivity index (χ2v) is 6.08. The number of hydrogen-bond donors (Lipinski definition) is 0. The Bertz CT molecular complexity index is 790. The third-order valence-corrected chi connectivity index (χ3v) is 3.05. The molecule has 0 saturated carbocycles. The predicted octanol–water partition coefficient (Wildman–Crippen LogP) is 4.00. The molecule has 1 heterocycles. The van der Waals surface area contributed by atoms with Gasteiger partial charge in [-0.1, -0.05) is 0 Å². The van der Waals surface area contributed by atoms with Gasteiger partial charge >= 0.3 is 12.1 Å². The van der Waals surface area contributed by atoms with Gasteiger partial charge in [0.1, 0.15) is 22.9 Å². The maximum absolute atomic E-state index is 14.0. The van der Waals surface area contributed by atoms with E-state index in [1.807, 2.05) is 0 Å². The molecular weight excluding hydrogens is 320 g/mol. The molecular formula is C17H17F2NO4. The van der Waals surface area contributed by atoms with Crippen molar-refractivity contribution in [1.82, 2.24) is 4.57 Å². The number of nitrogens with zero attached hydrogens (tertiary/aromatic N) is 1. The predicted molar refractivity (Wildman–Crippen MR) is 82.8 cm³/mol. The van der Waals surface area contributed by atoms with Crippen molar-refractivity contribution in [3.05, 3.63) is 47.8 Å². The molecule has 0 saturated heterocycles. The standard InChI is InChI=1S/C17H17F2NO4/c1-17(2,3)24-16(22)20-9-10(7-14(20)15(21)23-4)12-6-5-11(18)8-13(12)19/h5-9H,1-4H3. The molecule has 2 rings (SSSR count). The second kappa shape index (κ2) is 6.43. The van der Waals surface area contributed by atoms with Gasteiger partial charge in [-0.3, -0.25) is 0 Å². The van der Waals surface area contributed by atoms with Crippen LogP contribution in [0.25, 0.3) is 11.1 Å². The van der Waals surface area contributed by atoms with Crippen molar-refractivity contribution in [1.29, 1.82) is 0 Å². The summed E-state index contributed by atoms with van der Waals surface area (Å²) in [6.07, 6.45) is 0.438. The monoisotopic (exact) mass is 337 g/mol. The van der Waals surface area contributed by atoms with Gasteiger partial charge in [-0.25, -0.2) is 22.9 Å². The first kappa shape index (κ1) is 17.7. The summed E-state index contributed by atoms with van der Waals surface area (Å²) in [5, 5.41) is 0. The van der Waals surface area contributed by atoms with Crippen LogP contribution in [0.15, 0.2) is 30.5 Å². The largest absolute Gasteiger partial charge is 0.464 e. The molecule has 7 heteroatoms. The van der Waals surface area contributed by atoms with Crippen molar-refractivity contribution in [2.24, 2.45) is 0 Å². The van der Waals surface area contributed by atoms with E-state index < -0.39 is 29.3 Å². The van der Waals surface area contributed by atoms with Crippen LogP contribution in [0, 0.1) is 11.6 Å². The molecule has 0 bridgehead atoms. The molecule has 0 spiro atoms. The highest BCUT2D eigenvalue weighted by Gasteiger charge is 2.25. The number of methoxy groups -OCH3 is 1. The van der Waals surface area contributed by atoms with Crippen LogP contribution >= 0.6 is 0 Å². The van der Waals surface area contributed by atoms with E-state index in [2.05, 4.69) is 4.74 Å². The first-order valence-electron chi connectivity index (χ1n) is 7.12. The molecule has 0 aliphatic carbocycles.